The Labute approximate surface area is 286 Å². The predicted molar refractivity (Wildman–Crippen MR) is 168 cm³/mol. The van der Waals surface area contributed by atoms with E-state index >= 15 is 0 Å². The highest BCUT2D eigenvalue weighted by molar-refractivity contribution is 5.98. The molecule has 2 aliphatic heterocycles. The van der Waals surface area contributed by atoms with Crippen LogP contribution < -0.4 is 5.32 Å². The highest BCUT2D eigenvalue weighted by Gasteiger charge is 2.45. The summed E-state index contributed by atoms with van der Waals surface area (Å²) >= 11 is 0. The minimum Gasteiger partial charge on any atom is -0.460 e. The van der Waals surface area contributed by atoms with Crippen LogP contribution in [-0.4, -0.2) is 108 Å². The molecule has 4 rings (SSSR count). The Bertz CT molecular complexity index is 1490. The fraction of sp³-hybridized carbons (Fsp3) is 0.559. The van der Waals surface area contributed by atoms with Gasteiger partial charge in [0, 0.05) is 31.0 Å². The summed E-state index contributed by atoms with van der Waals surface area (Å²) in [6, 6.07) is 4.35. The molecule has 274 valence electrons. The van der Waals surface area contributed by atoms with Gasteiger partial charge in [-0.25, -0.2) is 9.59 Å². The normalized spacial score (nSPS) is 22.8. The minimum absolute atomic E-state index is 0.00773. The van der Waals surface area contributed by atoms with Crippen molar-refractivity contribution in [2.24, 2.45) is 0 Å². The van der Waals surface area contributed by atoms with Gasteiger partial charge in [-0.15, -0.1) is 0 Å². The number of nitrogens with one attached hydrogen (secondary N) is 1. The van der Waals surface area contributed by atoms with Crippen LogP contribution in [-0.2, 0) is 42.9 Å². The monoisotopic (exact) mass is 710 g/mol. The number of amides is 2. The highest BCUT2D eigenvalue weighted by Crippen LogP contribution is 2.33. The van der Waals surface area contributed by atoms with Crippen molar-refractivity contribution >= 4 is 35.8 Å². The van der Waals surface area contributed by atoms with Gasteiger partial charge in [0.25, 0.3) is 0 Å². The van der Waals surface area contributed by atoms with E-state index in [0.29, 0.717) is 12.8 Å². The number of esters is 3. The van der Waals surface area contributed by atoms with Gasteiger partial charge in [-0.05, 0) is 63.8 Å². The van der Waals surface area contributed by atoms with Crippen molar-refractivity contribution in [3.8, 4) is 0 Å². The zero-order chi connectivity index (χ0) is 36.6. The molecule has 0 aromatic heterocycles. The third-order valence-electron chi connectivity index (χ3n) is 7.99. The van der Waals surface area contributed by atoms with Crippen molar-refractivity contribution < 1.29 is 65.9 Å². The number of hydrogen-bond acceptors (Lipinski definition) is 11. The van der Waals surface area contributed by atoms with Crippen molar-refractivity contribution in [2.75, 3.05) is 26.6 Å². The number of fused-ring (bicyclic) bond motifs is 1. The van der Waals surface area contributed by atoms with E-state index in [1.807, 2.05) is 0 Å². The molecule has 1 aliphatic carbocycles. The van der Waals surface area contributed by atoms with Gasteiger partial charge in [0.2, 0.25) is 11.8 Å². The summed E-state index contributed by atoms with van der Waals surface area (Å²) in [6.45, 7) is 3.17. The van der Waals surface area contributed by atoms with Crippen molar-refractivity contribution in [3.05, 3.63) is 53.1 Å². The van der Waals surface area contributed by atoms with Crippen LogP contribution in [0.3, 0.4) is 0 Å². The zero-order valence-electron chi connectivity index (χ0n) is 27.9. The molecule has 2 N–H and O–H groups in total. The molecule has 0 spiro atoms. The fourth-order valence-corrected chi connectivity index (χ4v) is 5.76. The third kappa shape index (κ3) is 10.9. The molecule has 0 bridgehead atoms. The molecule has 16 heteroatoms. The van der Waals surface area contributed by atoms with Crippen LogP contribution in [0.1, 0.15) is 68.8 Å². The molecule has 2 heterocycles. The molecule has 50 heavy (non-hydrogen) atoms. The molecular formula is C34H41F3N2O11. The summed E-state index contributed by atoms with van der Waals surface area (Å²) in [4.78, 5) is 65.8. The maximum Gasteiger partial charge on any atom is 0.422 e. The number of ether oxygens (including phenoxy) is 5. The number of aliphatic hydroxyl groups excluding tert-OH is 1. The third-order valence-corrected chi connectivity index (χ3v) is 7.99. The Hall–Kier alpha value is -4.28. The first-order valence-electron chi connectivity index (χ1n) is 16.1. The van der Waals surface area contributed by atoms with Gasteiger partial charge in [-0.2, -0.15) is 13.2 Å². The Morgan fingerprint density at radius 2 is 1.86 bits per heavy atom. The first-order chi connectivity index (χ1) is 23.5. The van der Waals surface area contributed by atoms with Gasteiger partial charge < -0.3 is 39.0 Å². The van der Waals surface area contributed by atoms with Crippen molar-refractivity contribution in [2.45, 2.75) is 95.0 Å². The molecule has 1 aromatic carbocycles. The Balaban J connectivity index is 1.41. The van der Waals surface area contributed by atoms with Crippen molar-refractivity contribution in [3.63, 3.8) is 0 Å². The van der Waals surface area contributed by atoms with E-state index in [-0.39, 0.29) is 49.3 Å². The molecular weight excluding hydrogens is 669 g/mol. The van der Waals surface area contributed by atoms with E-state index in [2.05, 4.69) is 10.1 Å². The summed E-state index contributed by atoms with van der Waals surface area (Å²) in [5, 5.41) is 12.6. The summed E-state index contributed by atoms with van der Waals surface area (Å²) in [5.74, 6) is -3.52. The molecule has 5 unspecified atom stereocenters. The highest BCUT2D eigenvalue weighted by atomic mass is 19.4. The molecule has 0 saturated carbocycles. The van der Waals surface area contributed by atoms with Crippen LogP contribution in [0.15, 0.2) is 42.0 Å². The van der Waals surface area contributed by atoms with Crippen LogP contribution in [0.25, 0.3) is 6.08 Å². The molecule has 3 aliphatic rings. The van der Waals surface area contributed by atoms with Gasteiger partial charge in [-0.1, -0.05) is 18.2 Å². The van der Waals surface area contributed by atoms with Gasteiger partial charge >= 0.3 is 24.1 Å². The number of hydrogen-bond donors (Lipinski definition) is 2. The SMILES string of the molecule is CC(C)(C)OC(=O)CCC(CO)NC(=O)C1CCCN1C(=O)C1=CC2OCOC2C(OC(=O)c2ccccc2C=CC(=O)OCC(F)(F)F)C1. The number of rotatable bonds is 12. The number of benzene rings is 1. The summed E-state index contributed by atoms with van der Waals surface area (Å²) in [6.07, 6.45) is -2.76. The lowest BCUT2D eigenvalue weighted by Gasteiger charge is -2.33. The van der Waals surface area contributed by atoms with Crippen LogP contribution in [0, 0.1) is 0 Å². The molecule has 2 amide bonds. The average Bonchev–Trinajstić information content (AvgIpc) is 3.74. The second kappa shape index (κ2) is 16.6. The Kier molecular flexibility index (Phi) is 12.8. The van der Waals surface area contributed by atoms with E-state index < -0.39 is 85.1 Å². The number of nitrogens with zero attached hydrogens (tertiary/aromatic N) is 1. The van der Waals surface area contributed by atoms with E-state index in [1.54, 1.807) is 32.9 Å². The lowest BCUT2D eigenvalue weighted by molar-refractivity contribution is -0.182. The summed E-state index contributed by atoms with van der Waals surface area (Å²) in [5.41, 5.74) is -0.280. The standard InChI is InChI=1S/C34H41F3N2O11/c1-33(2,3)50-28(42)13-11-22(17-40)38-30(43)24-9-6-14-39(24)31(44)21-15-25-29(48-19-47-25)26(16-21)49-32(45)23-8-5-4-7-20(23)10-12-27(41)46-18-34(35,36)37/h4-5,7-8,10,12,15,22,24-26,29,40H,6,9,11,13-14,16-19H2,1-3H3,(H,38,43). The van der Waals surface area contributed by atoms with Gasteiger partial charge in [0.05, 0.1) is 18.2 Å². The van der Waals surface area contributed by atoms with Crippen LogP contribution in [0.4, 0.5) is 13.2 Å². The second-order valence-corrected chi connectivity index (χ2v) is 13.0. The molecule has 2 saturated heterocycles. The minimum atomic E-state index is -4.70. The predicted octanol–water partition coefficient (Wildman–Crippen LogP) is 2.99. The van der Waals surface area contributed by atoms with Crippen LogP contribution in [0.2, 0.25) is 0 Å². The molecule has 5 atom stereocenters. The summed E-state index contributed by atoms with van der Waals surface area (Å²) in [7, 11) is 0. The molecule has 2 fully saturated rings. The maximum absolute atomic E-state index is 13.8. The number of carbonyl (C=O) groups excluding carboxylic acids is 5. The first-order valence-corrected chi connectivity index (χ1v) is 16.1. The topological polar surface area (TPSA) is 167 Å². The Morgan fingerprint density at radius 1 is 1.12 bits per heavy atom. The number of halogens is 3. The second-order valence-electron chi connectivity index (χ2n) is 13.0. The lowest BCUT2D eigenvalue weighted by Crippen LogP contribution is -2.51. The van der Waals surface area contributed by atoms with Gasteiger partial charge in [0.1, 0.15) is 36.7 Å². The average molecular weight is 711 g/mol. The van der Waals surface area contributed by atoms with Gasteiger partial charge in [-0.3, -0.25) is 14.4 Å². The summed E-state index contributed by atoms with van der Waals surface area (Å²) < 4.78 is 63.7. The van der Waals surface area contributed by atoms with Crippen LogP contribution >= 0.6 is 0 Å². The fourth-order valence-electron chi connectivity index (χ4n) is 5.76. The number of alkyl halides is 3. The largest absolute Gasteiger partial charge is 0.460 e. The Morgan fingerprint density at radius 3 is 2.56 bits per heavy atom. The molecule has 13 nitrogen and oxygen atoms in total. The molecule has 0 radical (unpaired) electrons. The molecule has 1 aromatic rings. The first kappa shape index (κ1) is 38.5. The zero-order valence-corrected chi connectivity index (χ0v) is 27.9. The van der Waals surface area contributed by atoms with Crippen LogP contribution in [0.5, 0.6) is 0 Å². The van der Waals surface area contributed by atoms with Gasteiger partial charge in [0.15, 0.2) is 6.61 Å². The number of likely N-dealkylation sites (tertiary alicyclic amines) is 1. The quantitative estimate of drug-likeness (QED) is 0.186. The van der Waals surface area contributed by atoms with E-state index in [9.17, 15) is 42.3 Å². The number of aliphatic hydroxyl groups is 1. The van der Waals surface area contributed by atoms with Crippen molar-refractivity contribution in [1.82, 2.24) is 10.2 Å². The smallest absolute Gasteiger partial charge is 0.422 e. The van der Waals surface area contributed by atoms with E-state index in [0.717, 1.165) is 12.2 Å². The maximum atomic E-state index is 13.8. The van der Waals surface area contributed by atoms with E-state index in [1.165, 1.54) is 23.1 Å². The van der Waals surface area contributed by atoms with Crippen molar-refractivity contribution in [1.29, 1.82) is 0 Å². The number of carbonyl (C=O) groups is 5. The van der Waals surface area contributed by atoms with E-state index in [4.69, 9.17) is 18.9 Å². The lowest BCUT2D eigenvalue weighted by atomic mass is 9.91.